The number of hydrogen-bond donors (Lipinski definition) is 2. The van der Waals surface area contributed by atoms with Gasteiger partial charge in [-0.15, -0.1) is 0 Å². The number of carboxylic acids is 2. The maximum Gasteiger partial charge on any atom is 0.337 e. The van der Waals surface area contributed by atoms with Crippen LogP contribution in [-0.2, 0) is 0 Å². The Morgan fingerprint density at radius 2 is 1.79 bits per heavy atom. The molecule has 0 atom stereocenters. The molecule has 0 aliphatic carbocycles. The lowest BCUT2D eigenvalue weighted by molar-refractivity contribution is 0.0696. The molecule has 0 fully saturated rings. The maximum absolute atomic E-state index is 10.7. The summed E-state index contributed by atoms with van der Waals surface area (Å²) in [5.74, 6) is -2.41. The molecule has 0 radical (unpaired) electrons. The van der Waals surface area contributed by atoms with Crippen LogP contribution in [0.2, 0.25) is 5.02 Å². The van der Waals surface area contributed by atoms with Crippen molar-refractivity contribution in [1.82, 2.24) is 0 Å². The molecule has 0 bridgehead atoms. The van der Waals surface area contributed by atoms with E-state index < -0.39 is 11.9 Å². The van der Waals surface area contributed by atoms with Crippen molar-refractivity contribution in [2.45, 2.75) is 6.92 Å². The van der Waals surface area contributed by atoms with Gasteiger partial charge < -0.3 is 10.2 Å². The molecule has 0 aliphatic heterocycles. The van der Waals surface area contributed by atoms with Crippen LogP contribution in [0.15, 0.2) is 12.1 Å². The zero-order chi connectivity index (χ0) is 10.9. The van der Waals surface area contributed by atoms with Gasteiger partial charge in [-0.3, -0.25) is 0 Å². The molecule has 0 heterocycles. The fraction of sp³-hybridized carbons (Fsp3) is 0.111. The highest BCUT2D eigenvalue weighted by atomic mass is 35.5. The molecule has 0 amide bonds. The summed E-state index contributed by atoms with van der Waals surface area (Å²) in [5.41, 5.74) is 0.164. The molecule has 4 nitrogen and oxygen atoms in total. The number of rotatable bonds is 2. The van der Waals surface area contributed by atoms with Crippen molar-refractivity contribution in [3.63, 3.8) is 0 Å². The third kappa shape index (κ3) is 1.85. The molecule has 0 aromatic heterocycles. The van der Waals surface area contributed by atoms with E-state index in [4.69, 9.17) is 21.8 Å². The van der Waals surface area contributed by atoms with Crippen molar-refractivity contribution in [3.05, 3.63) is 33.8 Å². The lowest BCUT2D eigenvalue weighted by Crippen LogP contribution is -2.04. The Labute approximate surface area is 84.7 Å². The van der Waals surface area contributed by atoms with E-state index in [1.54, 1.807) is 6.92 Å². The number of carboxylic acid groups (broad SMARTS) is 2. The zero-order valence-corrected chi connectivity index (χ0v) is 8.00. The van der Waals surface area contributed by atoms with Crippen LogP contribution in [0.5, 0.6) is 0 Å². The lowest BCUT2D eigenvalue weighted by atomic mass is 10.1. The predicted molar refractivity (Wildman–Crippen MR) is 50.1 cm³/mol. The van der Waals surface area contributed by atoms with Gasteiger partial charge in [-0.25, -0.2) is 9.59 Å². The highest BCUT2D eigenvalue weighted by Crippen LogP contribution is 2.22. The van der Waals surface area contributed by atoms with Crippen molar-refractivity contribution in [3.8, 4) is 0 Å². The van der Waals surface area contributed by atoms with E-state index >= 15 is 0 Å². The summed E-state index contributed by atoms with van der Waals surface area (Å²) in [4.78, 5) is 21.3. The van der Waals surface area contributed by atoms with Gasteiger partial charge in [0.25, 0.3) is 0 Å². The van der Waals surface area contributed by atoms with Gasteiger partial charge in [0.2, 0.25) is 0 Å². The van der Waals surface area contributed by atoms with Gasteiger partial charge in [0.15, 0.2) is 0 Å². The average Bonchev–Trinajstić information content (AvgIpc) is 2.08. The number of aromatic carboxylic acids is 2. The normalized spacial score (nSPS) is 9.86. The summed E-state index contributed by atoms with van der Waals surface area (Å²) in [5, 5.41) is 17.5. The summed E-state index contributed by atoms with van der Waals surface area (Å²) in [6.07, 6.45) is 0. The second-order valence-corrected chi connectivity index (χ2v) is 3.14. The van der Waals surface area contributed by atoms with Gasteiger partial charge in [0, 0.05) is 0 Å². The summed E-state index contributed by atoms with van der Waals surface area (Å²) < 4.78 is 0. The van der Waals surface area contributed by atoms with Crippen molar-refractivity contribution in [2.24, 2.45) is 0 Å². The smallest absolute Gasteiger partial charge is 0.337 e. The van der Waals surface area contributed by atoms with Gasteiger partial charge in [0.1, 0.15) is 0 Å². The molecular weight excluding hydrogens is 208 g/mol. The Bertz CT molecular complexity index is 412. The molecule has 0 unspecified atom stereocenters. The van der Waals surface area contributed by atoms with Crippen LogP contribution in [0.4, 0.5) is 0 Å². The van der Waals surface area contributed by atoms with Crippen LogP contribution in [-0.4, -0.2) is 22.2 Å². The number of aryl methyl sites for hydroxylation is 1. The largest absolute Gasteiger partial charge is 0.478 e. The van der Waals surface area contributed by atoms with Gasteiger partial charge in [-0.2, -0.15) is 0 Å². The van der Waals surface area contributed by atoms with Gasteiger partial charge in [-0.05, 0) is 24.6 Å². The third-order valence-corrected chi connectivity index (χ3v) is 2.23. The van der Waals surface area contributed by atoms with Crippen LogP contribution in [0.3, 0.4) is 0 Å². The second-order valence-electron chi connectivity index (χ2n) is 2.76. The molecule has 1 aromatic rings. The molecule has 0 aliphatic rings. The Hall–Kier alpha value is -1.55. The third-order valence-electron chi connectivity index (χ3n) is 1.73. The SMILES string of the molecule is Cc1cc(C(=O)O)cc(C(=O)O)c1Cl. The maximum atomic E-state index is 10.7. The Kier molecular flexibility index (Phi) is 2.76. The summed E-state index contributed by atoms with van der Waals surface area (Å²) >= 11 is 5.69. The van der Waals surface area contributed by atoms with Crippen molar-refractivity contribution in [1.29, 1.82) is 0 Å². The van der Waals surface area contributed by atoms with Gasteiger partial charge in [0.05, 0.1) is 16.1 Å². The molecule has 0 saturated heterocycles. The Balaban J connectivity index is 3.43. The van der Waals surface area contributed by atoms with E-state index in [2.05, 4.69) is 0 Å². The monoisotopic (exact) mass is 214 g/mol. The minimum Gasteiger partial charge on any atom is -0.478 e. The van der Waals surface area contributed by atoms with Crippen LogP contribution >= 0.6 is 11.6 Å². The number of hydrogen-bond acceptors (Lipinski definition) is 2. The molecule has 5 heteroatoms. The van der Waals surface area contributed by atoms with E-state index in [-0.39, 0.29) is 16.1 Å². The van der Waals surface area contributed by atoms with E-state index in [1.165, 1.54) is 6.07 Å². The number of carbonyl (C=O) groups is 2. The van der Waals surface area contributed by atoms with E-state index in [1.807, 2.05) is 0 Å². The highest BCUT2D eigenvalue weighted by molar-refractivity contribution is 6.34. The van der Waals surface area contributed by atoms with Crippen LogP contribution < -0.4 is 0 Å². The zero-order valence-electron chi connectivity index (χ0n) is 7.24. The molecule has 0 spiro atoms. The van der Waals surface area contributed by atoms with Crippen molar-refractivity contribution < 1.29 is 19.8 Å². The topological polar surface area (TPSA) is 74.6 Å². The van der Waals surface area contributed by atoms with E-state index in [9.17, 15) is 9.59 Å². The average molecular weight is 215 g/mol. The fourth-order valence-corrected chi connectivity index (χ4v) is 1.24. The minimum absolute atomic E-state index is 0.0718. The fourth-order valence-electron chi connectivity index (χ4n) is 1.05. The van der Waals surface area contributed by atoms with Crippen LogP contribution in [0.1, 0.15) is 26.3 Å². The molecule has 2 N–H and O–H groups in total. The first kappa shape index (κ1) is 10.5. The highest BCUT2D eigenvalue weighted by Gasteiger charge is 2.15. The predicted octanol–water partition coefficient (Wildman–Crippen LogP) is 2.04. The van der Waals surface area contributed by atoms with Crippen LogP contribution in [0, 0.1) is 6.92 Å². The van der Waals surface area contributed by atoms with E-state index in [0.717, 1.165) is 6.07 Å². The Morgan fingerprint density at radius 1 is 1.21 bits per heavy atom. The van der Waals surface area contributed by atoms with Gasteiger partial charge in [-0.1, -0.05) is 11.6 Å². The molecule has 74 valence electrons. The summed E-state index contributed by atoms with van der Waals surface area (Å²) in [7, 11) is 0. The first-order valence-electron chi connectivity index (χ1n) is 3.70. The molecule has 1 rings (SSSR count). The van der Waals surface area contributed by atoms with Gasteiger partial charge >= 0.3 is 11.9 Å². The van der Waals surface area contributed by atoms with E-state index in [0.29, 0.717) is 5.56 Å². The Morgan fingerprint density at radius 3 is 2.21 bits per heavy atom. The molecule has 1 aromatic carbocycles. The standard InChI is InChI=1S/C9H7ClO4/c1-4-2-5(8(11)12)3-6(7(4)10)9(13)14/h2-3H,1H3,(H,11,12)(H,13,14). The summed E-state index contributed by atoms with van der Waals surface area (Å²) in [6.45, 7) is 1.56. The quantitative estimate of drug-likeness (QED) is 0.790. The lowest BCUT2D eigenvalue weighted by Gasteiger charge is -2.04. The molecular formula is C9H7ClO4. The number of halogens is 1. The number of benzene rings is 1. The molecule has 14 heavy (non-hydrogen) atoms. The van der Waals surface area contributed by atoms with Crippen molar-refractivity contribution >= 4 is 23.5 Å². The second kappa shape index (κ2) is 3.67. The minimum atomic E-state index is -1.23. The van der Waals surface area contributed by atoms with Crippen LogP contribution in [0.25, 0.3) is 0 Å². The summed E-state index contributed by atoms with van der Waals surface area (Å²) in [6, 6.07) is 2.37. The molecule has 0 saturated carbocycles. The first-order valence-corrected chi connectivity index (χ1v) is 4.08. The first-order chi connectivity index (χ1) is 6.43. The van der Waals surface area contributed by atoms with Crippen molar-refractivity contribution in [2.75, 3.05) is 0 Å².